The minimum Gasteiger partial charge on any atom is -0.312 e. The SMILES string of the molecule is NN(C(=O)c1ccc(N(c2c[nH]c(=O)[nH]c2=O)S(=O)(=O)O)cc1)c1ccccc1. The molecule has 5 N–H and O–H groups in total. The first kappa shape index (κ1) is 20.0. The lowest BCUT2D eigenvalue weighted by molar-refractivity contribution is 0.0987. The molecule has 11 nitrogen and oxygen atoms in total. The summed E-state index contributed by atoms with van der Waals surface area (Å²) in [6, 6.07) is 13.4. The van der Waals surface area contributed by atoms with Gasteiger partial charge in [0.2, 0.25) is 0 Å². The molecule has 1 amide bonds. The lowest BCUT2D eigenvalue weighted by atomic mass is 10.1. The standard InChI is InChI=1S/C17H15N5O6S/c18-21(12-4-2-1-3-5-12)16(24)11-6-8-13(9-7-11)22(29(26,27)28)14-10-19-17(25)20-15(14)23/h1-10H,18H2,(H,26,27,28)(H2,19,20,23,25). The number of aromatic nitrogens is 2. The van der Waals surface area contributed by atoms with Gasteiger partial charge >= 0.3 is 16.0 Å². The molecule has 29 heavy (non-hydrogen) atoms. The number of para-hydroxylation sites is 1. The number of amides is 1. The summed E-state index contributed by atoms with van der Waals surface area (Å²) in [7, 11) is -4.93. The Morgan fingerprint density at radius 3 is 2.14 bits per heavy atom. The number of aromatic amines is 2. The maximum absolute atomic E-state index is 12.5. The van der Waals surface area contributed by atoms with Crippen LogP contribution >= 0.6 is 0 Å². The van der Waals surface area contributed by atoms with Crippen LogP contribution in [-0.4, -0.2) is 28.8 Å². The van der Waals surface area contributed by atoms with E-state index in [1.165, 1.54) is 24.3 Å². The molecule has 0 unspecified atom stereocenters. The summed E-state index contributed by atoms with van der Waals surface area (Å²) >= 11 is 0. The fraction of sp³-hybridized carbons (Fsp3) is 0. The number of nitrogens with one attached hydrogen (secondary N) is 2. The molecule has 0 spiro atoms. The molecule has 3 rings (SSSR count). The molecule has 1 heterocycles. The number of hydrogen-bond acceptors (Lipinski definition) is 6. The molecule has 0 aliphatic rings. The summed E-state index contributed by atoms with van der Waals surface area (Å²) in [6.07, 6.45) is 0.838. The van der Waals surface area contributed by atoms with Crippen molar-refractivity contribution < 1.29 is 17.8 Å². The van der Waals surface area contributed by atoms with Gasteiger partial charge in [0.05, 0.1) is 11.4 Å². The Morgan fingerprint density at radius 1 is 0.966 bits per heavy atom. The second-order valence-corrected chi connectivity index (χ2v) is 7.02. The highest BCUT2D eigenvalue weighted by molar-refractivity contribution is 7.87. The molecule has 3 aromatic rings. The van der Waals surface area contributed by atoms with Crippen LogP contribution in [0, 0.1) is 0 Å². The second-order valence-electron chi connectivity index (χ2n) is 5.76. The zero-order valence-corrected chi connectivity index (χ0v) is 15.5. The van der Waals surface area contributed by atoms with Gasteiger partial charge in [0.1, 0.15) is 5.69 Å². The van der Waals surface area contributed by atoms with Crippen LogP contribution in [0.5, 0.6) is 0 Å². The molecule has 0 aliphatic heterocycles. The number of anilines is 3. The van der Waals surface area contributed by atoms with Crippen molar-refractivity contribution in [1.82, 2.24) is 9.97 Å². The van der Waals surface area contributed by atoms with Crippen LogP contribution < -0.4 is 26.4 Å². The number of rotatable bonds is 5. The van der Waals surface area contributed by atoms with Gasteiger partial charge in [-0.2, -0.15) is 8.42 Å². The predicted molar refractivity (Wildman–Crippen MR) is 105 cm³/mol. The largest absolute Gasteiger partial charge is 0.364 e. The Kier molecular flexibility index (Phi) is 5.32. The highest BCUT2D eigenvalue weighted by Gasteiger charge is 2.25. The molecule has 0 fully saturated rings. The molecule has 0 aliphatic carbocycles. The van der Waals surface area contributed by atoms with Gasteiger partial charge in [0, 0.05) is 11.8 Å². The van der Waals surface area contributed by atoms with Crippen molar-refractivity contribution in [3.8, 4) is 0 Å². The van der Waals surface area contributed by atoms with E-state index in [1.54, 1.807) is 30.3 Å². The Balaban J connectivity index is 1.97. The van der Waals surface area contributed by atoms with E-state index in [0.717, 1.165) is 11.2 Å². The predicted octanol–water partition coefficient (Wildman–Crippen LogP) is 0.525. The van der Waals surface area contributed by atoms with Gasteiger partial charge in [0.25, 0.3) is 11.5 Å². The maximum atomic E-state index is 12.5. The molecule has 0 saturated carbocycles. The van der Waals surface area contributed by atoms with Gasteiger partial charge in [-0.25, -0.2) is 20.0 Å². The van der Waals surface area contributed by atoms with E-state index in [-0.39, 0.29) is 11.3 Å². The fourth-order valence-electron chi connectivity index (χ4n) is 2.53. The summed E-state index contributed by atoms with van der Waals surface area (Å²) in [5.74, 6) is 5.25. The van der Waals surface area contributed by atoms with Gasteiger partial charge in [-0.15, -0.1) is 0 Å². The van der Waals surface area contributed by atoms with Crippen LogP contribution in [0.1, 0.15) is 10.4 Å². The molecular formula is C17H15N5O6S. The quantitative estimate of drug-likeness (QED) is 0.203. The smallest absolute Gasteiger partial charge is 0.312 e. The number of hydrogen-bond donors (Lipinski definition) is 4. The molecule has 0 radical (unpaired) electrons. The van der Waals surface area contributed by atoms with Gasteiger partial charge in [0.15, 0.2) is 0 Å². The maximum Gasteiger partial charge on any atom is 0.364 e. The van der Waals surface area contributed by atoms with Crippen molar-refractivity contribution in [1.29, 1.82) is 0 Å². The Bertz CT molecular complexity index is 1250. The highest BCUT2D eigenvalue weighted by atomic mass is 32.2. The molecular weight excluding hydrogens is 402 g/mol. The van der Waals surface area contributed by atoms with Crippen LogP contribution in [0.4, 0.5) is 17.1 Å². The van der Waals surface area contributed by atoms with E-state index in [4.69, 9.17) is 5.84 Å². The topological polar surface area (TPSA) is 170 Å². The number of nitrogens with two attached hydrogens (primary N) is 1. The number of nitrogens with zero attached hydrogens (tertiary/aromatic N) is 2. The van der Waals surface area contributed by atoms with Crippen molar-refractivity contribution in [2.24, 2.45) is 5.84 Å². The van der Waals surface area contributed by atoms with E-state index >= 15 is 0 Å². The number of benzene rings is 2. The van der Waals surface area contributed by atoms with Crippen molar-refractivity contribution >= 4 is 33.3 Å². The van der Waals surface area contributed by atoms with Gasteiger partial charge in [-0.1, -0.05) is 18.2 Å². The molecule has 1 aromatic heterocycles. The average molecular weight is 417 g/mol. The molecule has 150 valence electrons. The third-order valence-corrected chi connectivity index (χ3v) is 4.72. The van der Waals surface area contributed by atoms with Gasteiger partial charge in [-0.3, -0.25) is 19.1 Å². The van der Waals surface area contributed by atoms with Crippen molar-refractivity contribution in [3.63, 3.8) is 0 Å². The van der Waals surface area contributed by atoms with E-state index in [9.17, 15) is 27.4 Å². The molecule has 0 atom stereocenters. The van der Waals surface area contributed by atoms with Gasteiger partial charge in [-0.05, 0) is 36.4 Å². The van der Waals surface area contributed by atoms with Crippen LogP contribution in [0.15, 0.2) is 70.4 Å². The number of carbonyl (C=O) groups excluding carboxylic acids is 1. The normalized spacial score (nSPS) is 11.1. The van der Waals surface area contributed by atoms with Crippen molar-refractivity contribution in [2.45, 2.75) is 0 Å². The minimum absolute atomic E-state index is 0.130. The first-order valence-corrected chi connectivity index (χ1v) is 9.42. The Morgan fingerprint density at radius 2 is 1.59 bits per heavy atom. The summed E-state index contributed by atoms with van der Waals surface area (Å²) in [5.41, 5.74) is -2.00. The average Bonchev–Trinajstić information content (AvgIpc) is 2.69. The minimum atomic E-state index is -4.93. The molecule has 2 aromatic carbocycles. The zero-order valence-electron chi connectivity index (χ0n) is 14.6. The van der Waals surface area contributed by atoms with Crippen LogP contribution in [0.2, 0.25) is 0 Å². The lowest BCUT2D eigenvalue weighted by Crippen LogP contribution is -2.37. The van der Waals surface area contributed by atoms with E-state index in [2.05, 4.69) is 4.98 Å². The van der Waals surface area contributed by atoms with Crippen molar-refractivity contribution in [2.75, 3.05) is 9.31 Å². The van der Waals surface area contributed by atoms with E-state index < -0.39 is 33.1 Å². The third-order valence-electron chi connectivity index (χ3n) is 3.85. The first-order chi connectivity index (χ1) is 13.7. The summed E-state index contributed by atoms with van der Waals surface area (Å²) < 4.78 is 33.5. The Hall–Kier alpha value is -3.74. The van der Waals surface area contributed by atoms with E-state index in [0.29, 0.717) is 9.99 Å². The number of hydrazine groups is 1. The summed E-state index contributed by atoms with van der Waals surface area (Å²) in [5, 5.41) is 0.919. The molecule has 0 saturated heterocycles. The van der Waals surface area contributed by atoms with E-state index in [1.807, 2.05) is 4.98 Å². The highest BCUT2D eigenvalue weighted by Crippen LogP contribution is 2.25. The Labute approximate surface area is 163 Å². The zero-order chi connectivity index (χ0) is 21.2. The second kappa shape index (κ2) is 7.71. The fourth-order valence-corrected chi connectivity index (χ4v) is 3.31. The third kappa shape index (κ3) is 4.24. The number of H-pyrrole nitrogens is 2. The molecule has 0 bridgehead atoms. The van der Waals surface area contributed by atoms with Crippen LogP contribution in [0.25, 0.3) is 0 Å². The number of carbonyl (C=O) groups is 1. The summed E-state index contributed by atoms with van der Waals surface area (Å²) in [6.45, 7) is 0. The summed E-state index contributed by atoms with van der Waals surface area (Å²) in [4.78, 5) is 39.6. The monoisotopic (exact) mass is 417 g/mol. The van der Waals surface area contributed by atoms with Crippen LogP contribution in [0.3, 0.4) is 0 Å². The van der Waals surface area contributed by atoms with Crippen molar-refractivity contribution in [3.05, 3.63) is 87.2 Å². The first-order valence-electron chi connectivity index (χ1n) is 8.02. The molecule has 12 heteroatoms. The lowest BCUT2D eigenvalue weighted by Gasteiger charge is -2.20. The van der Waals surface area contributed by atoms with Gasteiger partial charge < -0.3 is 4.98 Å². The van der Waals surface area contributed by atoms with Crippen LogP contribution in [-0.2, 0) is 10.3 Å².